The van der Waals surface area contributed by atoms with E-state index in [0.29, 0.717) is 16.7 Å². The largest absolute Gasteiger partial charge is 0.465 e. The van der Waals surface area contributed by atoms with Crippen molar-refractivity contribution in [2.45, 2.75) is 6.54 Å². The third-order valence-corrected chi connectivity index (χ3v) is 3.48. The first-order chi connectivity index (χ1) is 9.10. The van der Waals surface area contributed by atoms with E-state index < -0.39 is 11.8 Å². The van der Waals surface area contributed by atoms with Gasteiger partial charge in [0.1, 0.15) is 5.82 Å². The standard InChI is InChI=1S/C12H10ClFN2O2S/c1-18-11(17)9-3-2-7(4-10(9)14)15-5-8-6-16-12(13)19-8/h2-4,6,15H,5H2,1H3. The highest BCUT2D eigenvalue weighted by molar-refractivity contribution is 7.15. The lowest BCUT2D eigenvalue weighted by Crippen LogP contribution is -2.05. The zero-order valence-electron chi connectivity index (χ0n) is 9.94. The number of ether oxygens (including phenoxy) is 1. The minimum atomic E-state index is -0.696. The Hall–Kier alpha value is -1.66. The van der Waals surface area contributed by atoms with Crippen LogP contribution in [0.1, 0.15) is 15.2 Å². The molecule has 4 nitrogen and oxygen atoms in total. The topological polar surface area (TPSA) is 51.2 Å². The number of halogens is 2. The van der Waals surface area contributed by atoms with Crippen molar-refractivity contribution in [3.63, 3.8) is 0 Å². The number of anilines is 1. The molecular formula is C12H10ClFN2O2S. The Balaban J connectivity index is 2.06. The quantitative estimate of drug-likeness (QED) is 0.880. The number of carbonyl (C=O) groups is 1. The second-order valence-corrected chi connectivity index (χ2v) is 5.32. The van der Waals surface area contributed by atoms with Crippen LogP contribution < -0.4 is 5.32 Å². The Labute approximate surface area is 118 Å². The van der Waals surface area contributed by atoms with Crippen LogP contribution in [0, 0.1) is 5.82 Å². The Morgan fingerprint density at radius 1 is 1.58 bits per heavy atom. The highest BCUT2D eigenvalue weighted by Gasteiger charge is 2.12. The first-order valence-corrected chi connectivity index (χ1v) is 6.51. The zero-order valence-corrected chi connectivity index (χ0v) is 11.5. The average molecular weight is 301 g/mol. The number of aromatic nitrogens is 1. The van der Waals surface area contributed by atoms with Crippen LogP contribution in [0.15, 0.2) is 24.4 Å². The molecule has 0 saturated heterocycles. The maximum absolute atomic E-state index is 13.6. The number of nitrogens with one attached hydrogen (secondary N) is 1. The Kier molecular flexibility index (Phi) is 4.34. The molecule has 0 bridgehead atoms. The SMILES string of the molecule is COC(=O)c1ccc(NCc2cnc(Cl)s2)cc1F. The maximum Gasteiger partial charge on any atom is 0.340 e. The van der Waals surface area contributed by atoms with Crippen LogP contribution in [-0.4, -0.2) is 18.1 Å². The summed E-state index contributed by atoms with van der Waals surface area (Å²) in [5, 5.41) is 3.02. The zero-order chi connectivity index (χ0) is 13.8. The normalized spacial score (nSPS) is 10.3. The number of esters is 1. The van der Waals surface area contributed by atoms with Crippen molar-refractivity contribution in [3.8, 4) is 0 Å². The van der Waals surface area contributed by atoms with Crippen LogP contribution in [0.25, 0.3) is 0 Å². The number of hydrogen-bond donors (Lipinski definition) is 1. The molecule has 0 aliphatic carbocycles. The third kappa shape index (κ3) is 3.42. The molecule has 0 atom stereocenters. The van der Waals surface area contributed by atoms with Crippen molar-refractivity contribution in [1.82, 2.24) is 4.98 Å². The molecule has 0 fully saturated rings. The average Bonchev–Trinajstić information content (AvgIpc) is 2.81. The maximum atomic E-state index is 13.6. The number of thiazole rings is 1. The van der Waals surface area contributed by atoms with Crippen molar-refractivity contribution in [1.29, 1.82) is 0 Å². The lowest BCUT2D eigenvalue weighted by molar-refractivity contribution is 0.0595. The second kappa shape index (κ2) is 5.99. The second-order valence-electron chi connectivity index (χ2n) is 3.62. The fourth-order valence-electron chi connectivity index (χ4n) is 1.46. The first-order valence-electron chi connectivity index (χ1n) is 5.32. The van der Waals surface area contributed by atoms with E-state index >= 15 is 0 Å². The molecule has 2 aromatic rings. The molecule has 0 radical (unpaired) electrons. The van der Waals surface area contributed by atoms with Crippen LogP contribution in [-0.2, 0) is 11.3 Å². The van der Waals surface area contributed by atoms with E-state index in [-0.39, 0.29) is 5.56 Å². The number of carbonyl (C=O) groups excluding carboxylic acids is 1. The van der Waals surface area contributed by atoms with Gasteiger partial charge in [-0.15, -0.1) is 11.3 Å². The van der Waals surface area contributed by atoms with Gasteiger partial charge >= 0.3 is 5.97 Å². The monoisotopic (exact) mass is 300 g/mol. The van der Waals surface area contributed by atoms with Gasteiger partial charge in [0.2, 0.25) is 0 Å². The van der Waals surface area contributed by atoms with Crippen molar-refractivity contribution < 1.29 is 13.9 Å². The molecule has 1 aromatic heterocycles. The number of methoxy groups -OCH3 is 1. The summed E-state index contributed by atoms with van der Waals surface area (Å²) in [5.41, 5.74) is 0.476. The van der Waals surface area contributed by atoms with Crippen molar-refractivity contribution in [2.75, 3.05) is 12.4 Å². The fourth-order valence-corrected chi connectivity index (χ4v) is 2.37. The Bertz CT molecular complexity index is 603. The minimum absolute atomic E-state index is 0.0890. The van der Waals surface area contributed by atoms with E-state index in [1.165, 1.54) is 30.6 Å². The van der Waals surface area contributed by atoms with Gasteiger partial charge in [-0.3, -0.25) is 0 Å². The summed E-state index contributed by atoms with van der Waals surface area (Å²) >= 11 is 7.05. The molecule has 0 aliphatic heterocycles. The molecule has 19 heavy (non-hydrogen) atoms. The van der Waals surface area contributed by atoms with Gasteiger partial charge in [-0.2, -0.15) is 0 Å². The van der Waals surface area contributed by atoms with Gasteiger partial charge in [-0.05, 0) is 18.2 Å². The lowest BCUT2D eigenvalue weighted by atomic mass is 10.2. The van der Waals surface area contributed by atoms with Gasteiger partial charge < -0.3 is 10.1 Å². The van der Waals surface area contributed by atoms with E-state index in [1.54, 1.807) is 12.3 Å². The van der Waals surface area contributed by atoms with Gasteiger partial charge in [0.15, 0.2) is 4.47 Å². The van der Waals surface area contributed by atoms with Crippen molar-refractivity contribution in [3.05, 3.63) is 45.1 Å². The summed E-state index contributed by atoms with van der Waals surface area (Å²) in [6.45, 7) is 0.487. The molecule has 1 aromatic carbocycles. The van der Waals surface area contributed by atoms with Gasteiger partial charge in [-0.1, -0.05) is 11.6 Å². The van der Waals surface area contributed by atoms with Crippen LogP contribution in [0.5, 0.6) is 0 Å². The predicted octanol–water partition coefficient (Wildman–Crippen LogP) is 3.33. The molecule has 2 rings (SSSR count). The highest BCUT2D eigenvalue weighted by Crippen LogP contribution is 2.20. The number of benzene rings is 1. The molecule has 0 saturated carbocycles. The highest BCUT2D eigenvalue weighted by atomic mass is 35.5. The van der Waals surface area contributed by atoms with Gasteiger partial charge in [-0.25, -0.2) is 14.2 Å². The van der Waals surface area contributed by atoms with E-state index in [4.69, 9.17) is 11.6 Å². The molecule has 100 valence electrons. The molecule has 1 N–H and O–H groups in total. The van der Waals surface area contributed by atoms with Gasteiger partial charge in [0, 0.05) is 16.8 Å². The summed E-state index contributed by atoms with van der Waals surface area (Å²) < 4.78 is 18.6. The summed E-state index contributed by atoms with van der Waals surface area (Å²) in [6.07, 6.45) is 1.65. The molecule has 1 heterocycles. The third-order valence-electron chi connectivity index (χ3n) is 2.37. The first kappa shape index (κ1) is 13.8. The summed E-state index contributed by atoms with van der Waals surface area (Å²) in [5.74, 6) is -1.32. The number of nitrogens with zero attached hydrogens (tertiary/aromatic N) is 1. The molecule has 0 amide bonds. The van der Waals surface area contributed by atoms with Crippen molar-refractivity contribution >= 4 is 34.6 Å². The van der Waals surface area contributed by atoms with E-state index in [1.807, 2.05) is 0 Å². The molecular weight excluding hydrogens is 291 g/mol. The van der Waals surface area contributed by atoms with Gasteiger partial charge in [0.25, 0.3) is 0 Å². The van der Waals surface area contributed by atoms with Gasteiger partial charge in [0.05, 0.1) is 19.2 Å². The van der Waals surface area contributed by atoms with E-state index in [9.17, 15) is 9.18 Å². The lowest BCUT2D eigenvalue weighted by Gasteiger charge is -2.06. The van der Waals surface area contributed by atoms with Crippen LogP contribution in [0.2, 0.25) is 4.47 Å². The molecule has 7 heteroatoms. The summed E-state index contributed by atoms with van der Waals surface area (Å²) in [4.78, 5) is 16.1. The van der Waals surface area contributed by atoms with Crippen LogP contribution >= 0.6 is 22.9 Å². The number of hydrogen-bond acceptors (Lipinski definition) is 5. The van der Waals surface area contributed by atoms with E-state index in [0.717, 1.165) is 4.88 Å². The Morgan fingerprint density at radius 3 is 2.95 bits per heavy atom. The van der Waals surface area contributed by atoms with E-state index in [2.05, 4.69) is 15.0 Å². The summed E-state index contributed by atoms with van der Waals surface area (Å²) in [6, 6.07) is 4.23. The summed E-state index contributed by atoms with van der Waals surface area (Å²) in [7, 11) is 1.21. The molecule has 0 aliphatic rings. The minimum Gasteiger partial charge on any atom is -0.465 e. The molecule has 0 unspecified atom stereocenters. The smallest absolute Gasteiger partial charge is 0.340 e. The number of rotatable bonds is 4. The fraction of sp³-hybridized carbons (Fsp3) is 0.167. The van der Waals surface area contributed by atoms with Crippen molar-refractivity contribution in [2.24, 2.45) is 0 Å². The predicted molar refractivity (Wildman–Crippen MR) is 72.2 cm³/mol. The Morgan fingerprint density at radius 2 is 2.37 bits per heavy atom. The molecule has 0 spiro atoms. The van der Waals surface area contributed by atoms with Crippen LogP contribution in [0.3, 0.4) is 0 Å². The van der Waals surface area contributed by atoms with Crippen LogP contribution in [0.4, 0.5) is 10.1 Å².